The first kappa shape index (κ1) is 21.6. The monoisotopic (exact) mass is 372 g/mol. The molecule has 1 N–H and O–H groups in total. The summed E-state index contributed by atoms with van der Waals surface area (Å²) in [6.07, 6.45) is 2.06. The number of rotatable bonds is 9. The zero-order valence-corrected chi connectivity index (χ0v) is 17.1. The van der Waals surface area contributed by atoms with Gasteiger partial charge in [0.25, 0.3) is 0 Å². The average molecular weight is 373 g/mol. The van der Waals surface area contributed by atoms with Gasteiger partial charge in [-0.2, -0.15) is 9.40 Å². The van der Waals surface area contributed by atoms with Gasteiger partial charge in [0.1, 0.15) is 5.82 Å². The fraction of sp³-hybridized carbons (Fsp3) is 0.765. The van der Waals surface area contributed by atoms with E-state index >= 15 is 0 Å². The first-order valence-corrected chi connectivity index (χ1v) is 10.4. The lowest BCUT2D eigenvalue weighted by atomic mass is 9.92. The van der Waals surface area contributed by atoms with Crippen molar-refractivity contribution in [1.82, 2.24) is 14.1 Å². The van der Waals surface area contributed by atoms with Gasteiger partial charge in [-0.25, -0.2) is 8.42 Å². The molecule has 0 saturated carbocycles. The third-order valence-electron chi connectivity index (χ3n) is 3.86. The van der Waals surface area contributed by atoms with Crippen LogP contribution in [0.5, 0.6) is 0 Å². The molecule has 0 spiro atoms. The van der Waals surface area contributed by atoms with Crippen LogP contribution in [0.4, 0.5) is 5.82 Å². The Balaban J connectivity index is 2.84. The standard InChI is InChI=1S/C17H32N4O3S/c1-7-9-11-25(23,24)21(10-8-2)13-16(22)18-15-12-14(17(3,4)5)19-20(15)6/h12H,7-11,13H2,1-6H3,(H,18,22). The Bertz CT molecular complexity index is 675. The fourth-order valence-electron chi connectivity index (χ4n) is 2.32. The minimum atomic E-state index is -3.41. The Morgan fingerprint density at radius 2 is 1.92 bits per heavy atom. The highest BCUT2D eigenvalue weighted by Crippen LogP contribution is 2.23. The van der Waals surface area contributed by atoms with Crippen molar-refractivity contribution in [3.05, 3.63) is 11.8 Å². The second-order valence-corrected chi connectivity index (χ2v) is 9.43. The number of hydrogen-bond acceptors (Lipinski definition) is 4. The van der Waals surface area contributed by atoms with E-state index in [1.165, 1.54) is 4.31 Å². The van der Waals surface area contributed by atoms with E-state index in [0.717, 1.165) is 12.1 Å². The van der Waals surface area contributed by atoms with Gasteiger partial charge in [0.15, 0.2) is 0 Å². The number of amides is 1. The molecular weight excluding hydrogens is 340 g/mol. The normalized spacial score (nSPS) is 12.6. The summed E-state index contributed by atoms with van der Waals surface area (Å²) in [5.74, 6) is 0.297. The second-order valence-electron chi connectivity index (χ2n) is 7.34. The maximum absolute atomic E-state index is 12.4. The predicted molar refractivity (Wildman–Crippen MR) is 101 cm³/mol. The topological polar surface area (TPSA) is 84.3 Å². The number of nitrogens with zero attached hydrogens (tertiary/aromatic N) is 3. The summed E-state index contributed by atoms with van der Waals surface area (Å²) in [5.41, 5.74) is 0.740. The van der Waals surface area contributed by atoms with Crippen molar-refractivity contribution in [3.8, 4) is 0 Å². The van der Waals surface area contributed by atoms with Crippen LogP contribution in [0.25, 0.3) is 0 Å². The third kappa shape index (κ3) is 6.43. The minimum Gasteiger partial charge on any atom is -0.310 e. The zero-order chi connectivity index (χ0) is 19.3. The largest absolute Gasteiger partial charge is 0.310 e. The molecular formula is C17H32N4O3S. The first-order valence-electron chi connectivity index (χ1n) is 8.83. The van der Waals surface area contributed by atoms with Gasteiger partial charge >= 0.3 is 0 Å². The molecule has 1 rings (SSSR count). The molecule has 0 aromatic carbocycles. The molecule has 1 amide bonds. The highest BCUT2D eigenvalue weighted by Gasteiger charge is 2.24. The van der Waals surface area contributed by atoms with E-state index in [1.54, 1.807) is 11.7 Å². The molecule has 144 valence electrons. The number of hydrogen-bond donors (Lipinski definition) is 1. The molecule has 0 aliphatic rings. The molecule has 0 aliphatic carbocycles. The van der Waals surface area contributed by atoms with Crippen LogP contribution >= 0.6 is 0 Å². The molecule has 0 aliphatic heterocycles. The number of carbonyl (C=O) groups excluding carboxylic acids is 1. The van der Waals surface area contributed by atoms with E-state index in [9.17, 15) is 13.2 Å². The zero-order valence-electron chi connectivity index (χ0n) is 16.3. The molecule has 1 aromatic rings. The molecule has 0 unspecified atom stereocenters. The molecule has 0 saturated heterocycles. The first-order chi connectivity index (χ1) is 11.5. The molecule has 1 aromatic heterocycles. The highest BCUT2D eigenvalue weighted by atomic mass is 32.2. The summed E-state index contributed by atoms with van der Waals surface area (Å²) in [7, 11) is -1.66. The molecule has 8 heteroatoms. The molecule has 7 nitrogen and oxygen atoms in total. The average Bonchev–Trinajstić information content (AvgIpc) is 2.86. The molecule has 25 heavy (non-hydrogen) atoms. The van der Waals surface area contributed by atoms with Crippen molar-refractivity contribution < 1.29 is 13.2 Å². The lowest BCUT2D eigenvalue weighted by Crippen LogP contribution is -2.40. The van der Waals surface area contributed by atoms with Gasteiger partial charge in [-0.15, -0.1) is 0 Å². The quantitative estimate of drug-likeness (QED) is 0.722. The van der Waals surface area contributed by atoms with Crippen LogP contribution in [0.3, 0.4) is 0 Å². The fourth-order valence-corrected chi connectivity index (χ4v) is 4.00. The van der Waals surface area contributed by atoms with Crippen LogP contribution in [0, 0.1) is 0 Å². The van der Waals surface area contributed by atoms with Crippen LogP contribution in [0.15, 0.2) is 6.07 Å². The minimum absolute atomic E-state index is 0.0800. The van der Waals surface area contributed by atoms with Crippen molar-refractivity contribution in [3.63, 3.8) is 0 Å². The molecule has 0 bridgehead atoms. The number of anilines is 1. The molecule has 1 heterocycles. The van der Waals surface area contributed by atoms with E-state index in [0.29, 0.717) is 25.2 Å². The van der Waals surface area contributed by atoms with Crippen molar-refractivity contribution in [2.45, 2.75) is 59.3 Å². The number of aromatic nitrogens is 2. The van der Waals surface area contributed by atoms with Crippen LogP contribution in [-0.2, 0) is 27.3 Å². The van der Waals surface area contributed by atoms with Gasteiger partial charge in [-0.05, 0) is 12.8 Å². The summed E-state index contributed by atoms with van der Waals surface area (Å²) >= 11 is 0. The Labute approximate surface area is 151 Å². The van der Waals surface area contributed by atoms with Gasteiger partial charge in [0.05, 0.1) is 18.0 Å². The van der Waals surface area contributed by atoms with Crippen LogP contribution in [-0.4, -0.2) is 47.3 Å². The second kappa shape index (κ2) is 8.80. The van der Waals surface area contributed by atoms with Crippen LogP contribution in [0.1, 0.15) is 59.6 Å². The summed E-state index contributed by atoms with van der Waals surface area (Å²) in [5, 5.41) is 7.18. The smallest absolute Gasteiger partial charge is 0.240 e. The Morgan fingerprint density at radius 3 is 2.40 bits per heavy atom. The highest BCUT2D eigenvalue weighted by molar-refractivity contribution is 7.89. The third-order valence-corrected chi connectivity index (χ3v) is 5.76. The summed E-state index contributed by atoms with van der Waals surface area (Å²) < 4.78 is 27.7. The van der Waals surface area contributed by atoms with Gasteiger partial charge in [-0.1, -0.05) is 41.0 Å². The number of aryl methyl sites for hydroxylation is 1. The molecule has 0 atom stereocenters. The van der Waals surface area contributed by atoms with E-state index in [1.807, 2.05) is 40.7 Å². The van der Waals surface area contributed by atoms with Gasteiger partial charge in [-0.3, -0.25) is 9.48 Å². The molecule has 0 radical (unpaired) electrons. The van der Waals surface area contributed by atoms with Gasteiger partial charge in [0.2, 0.25) is 15.9 Å². The Morgan fingerprint density at radius 1 is 1.28 bits per heavy atom. The molecule has 0 fully saturated rings. The number of unbranched alkanes of at least 4 members (excludes halogenated alkanes) is 1. The van der Waals surface area contributed by atoms with E-state index < -0.39 is 10.0 Å². The summed E-state index contributed by atoms with van der Waals surface area (Å²) in [6, 6.07) is 1.83. The SMILES string of the molecule is CCCCS(=O)(=O)N(CCC)CC(=O)Nc1cc(C(C)(C)C)nn1C. The summed E-state index contributed by atoms with van der Waals surface area (Å²) in [6.45, 7) is 10.2. The Hall–Kier alpha value is -1.41. The Kier molecular flexibility index (Phi) is 7.62. The number of carbonyl (C=O) groups is 1. The van der Waals surface area contributed by atoms with Crippen LogP contribution in [0.2, 0.25) is 0 Å². The van der Waals surface area contributed by atoms with E-state index in [-0.39, 0.29) is 23.6 Å². The van der Waals surface area contributed by atoms with Crippen molar-refractivity contribution in [1.29, 1.82) is 0 Å². The lowest BCUT2D eigenvalue weighted by molar-refractivity contribution is -0.116. The van der Waals surface area contributed by atoms with Crippen molar-refractivity contribution in [2.75, 3.05) is 24.2 Å². The van der Waals surface area contributed by atoms with Gasteiger partial charge in [0, 0.05) is 25.1 Å². The van der Waals surface area contributed by atoms with E-state index in [4.69, 9.17) is 0 Å². The predicted octanol–water partition coefficient (Wildman–Crippen LogP) is 2.50. The van der Waals surface area contributed by atoms with Gasteiger partial charge < -0.3 is 5.32 Å². The van der Waals surface area contributed by atoms with Crippen molar-refractivity contribution >= 4 is 21.7 Å². The maximum atomic E-state index is 12.4. The van der Waals surface area contributed by atoms with E-state index in [2.05, 4.69) is 10.4 Å². The lowest BCUT2D eigenvalue weighted by Gasteiger charge is -2.21. The number of nitrogens with one attached hydrogen (secondary N) is 1. The van der Waals surface area contributed by atoms with Crippen LogP contribution < -0.4 is 5.32 Å². The number of sulfonamides is 1. The summed E-state index contributed by atoms with van der Waals surface area (Å²) in [4.78, 5) is 12.4. The van der Waals surface area contributed by atoms with Crippen molar-refractivity contribution in [2.24, 2.45) is 7.05 Å². The maximum Gasteiger partial charge on any atom is 0.240 e.